The number of hydrazone groups is 1. The largest absolute Gasteiger partial charge is 0.454 e. The smallest absolute Gasteiger partial charge is 0.301 e. The fourth-order valence-electron chi connectivity index (χ4n) is 2.08. The highest BCUT2D eigenvalue weighted by Crippen LogP contribution is 2.36. The van der Waals surface area contributed by atoms with Gasteiger partial charge in [0.05, 0.1) is 27.2 Å². The molecule has 0 aromatic heterocycles. The number of non-ortho nitro benzene ring substituents is 1. The Balaban J connectivity index is 1.83. The zero-order valence-corrected chi connectivity index (χ0v) is 13.1. The average Bonchev–Trinajstić information content (AvgIpc) is 3.01. The van der Waals surface area contributed by atoms with Crippen molar-refractivity contribution < 1.29 is 19.3 Å². The lowest BCUT2D eigenvalue weighted by molar-refractivity contribution is -0.393. The van der Waals surface area contributed by atoms with E-state index in [4.69, 9.17) is 21.1 Å². The number of rotatable bonds is 5. The Morgan fingerprint density at radius 2 is 1.84 bits per heavy atom. The van der Waals surface area contributed by atoms with Crippen LogP contribution in [-0.2, 0) is 0 Å². The van der Waals surface area contributed by atoms with Crippen molar-refractivity contribution in [2.75, 3.05) is 12.2 Å². The van der Waals surface area contributed by atoms with E-state index in [-0.39, 0.29) is 18.2 Å². The number of hydrogen-bond donors (Lipinski definition) is 1. The van der Waals surface area contributed by atoms with Crippen LogP contribution in [0.1, 0.15) is 5.56 Å². The van der Waals surface area contributed by atoms with Crippen molar-refractivity contribution >= 4 is 34.9 Å². The second-order valence-electron chi connectivity index (χ2n) is 4.81. The van der Waals surface area contributed by atoms with Crippen LogP contribution in [0.2, 0.25) is 5.02 Å². The van der Waals surface area contributed by atoms with Crippen molar-refractivity contribution in [3.05, 3.63) is 61.1 Å². The van der Waals surface area contributed by atoms with Crippen molar-refractivity contribution in [3.63, 3.8) is 0 Å². The van der Waals surface area contributed by atoms with Gasteiger partial charge in [-0.15, -0.1) is 0 Å². The molecule has 1 heterocycles. The Morgan fingerprint density at radius 3 is 2.52 bits per heavy atom. The lowest BCUT2D eigenvalue weighted by atomic mass is 10.2. The van der Waals surface area contributed by atoms with E-state index in [2.05, 4.69) is 10.5 Å². The number of anilines is 1. The number of hydrogen-bond acceptors (Lipinski definition) is 8. The summed E-state index contributed by atoms with van der Waals surface area (Å²) in [6.07, 6.45) is 1.34. The number of nitrogens with one attached hydrogen (secondary N) is 1. The SMILES string of the molecule is O=[N+]([O-])c1ccc(N/N=C\c2cc3c(cc2Cl)OCO3)c([N+](=O)[O-])c1. The van der Waals surface area contributed by atoms with E-state index in [0.717, 1.165) is 12.1 Å². The molecule has 10 nitrogen and oxygen atoms in total. The van der Waals surface area contributed by atoms with E-state index in [9.17, 15) is 20.2 Å². The lowest BCUT2D eigenvalue weighted by Crippen LogP contribution is -1.99. The molecule has 25 heavy (non-hydrogen) atoms. The molecule has 0 spiro atoms. The summed E-state index contributed by atoms with van der Waals surface area (Å²) in [5.74, 6) is 1.02. The summed E-state index contributed by atoms with van der Waals surface area (Å²) in [5, 5.41) is 26.0. The van der Waals surface area contributed by atoms with E-state index in [0.29, 0.717) is 22.1 Å². The molecule has 0 radical (unpaired) electrons. The maximum absolute atomic E-state index is 11.1. The molecule has 1 aliphatic heterocycles. The minimum absolute atomic E-state index is 0.00344. The molecule has 128 valence electrons. The Labute approximate surface area is 144 Å². The highest BCUT2D eigenvalue weighted by molar-refractivity contribution is 6.33. The van der Waals surface area contributed by atoms with Gasteiger partial charge in [-0.1, -0.05) is 11.6 Å². The van der Waals surface area contributed by atoms with Gasteiger partial charge in [0.25, 0.3) is 5.69 Å². The van der Waals surface area contributed by atoms with Gasteiger partial charge in [0.2, 0.25) is 6.79 Å². The van der Waals surface area contributed by atoms with Crippen molar-refractivity contribution in [1.82, 2.24) is 0 Å². The van der Waals surface area contributed by atoms with Crippen molar-refractivity contribution in [1.29, 1.82) is 0 Å². The third-order valence-electron chi connectivity index (χ3n) is 3.27. The van der Waals surface area contributed by atoms with Gasteiger partial charge in [-0.05, 0) is 12.1 Å². The van der Waals surface area contributed by atoms with Crippen LogP contribution in [0.25, 0.3) is 0 Å². The maximum atomic E-state index is 11.1. The number of benzene rings is 2. The topological polar surface area (TPSA) is 129 Å². The van der Waals surface area contributed by atoms with E-state index >= 15 is 0 Å². The normalized spacial score (nSPS) is 12.4. The van der Waals surface area contributed by atoms with Crippen molar-refractivity contribution in [2.45, 2.75) is 0 Å². The fraction of sp³-hybridized carbons (Fsp3) is 0.0714. The van der Waals surface area contributed by atoms with E-state index in [1.807, 2.05) is 0 Å². The molecule has 0 unspecified atom stereocenters. The van der Waals surface area contributed by atoms with Crippen LogP contribution in [0.3, 0.4) is 0 Å². The molecule has 0 fully saturated rings. The highest BCUT2D eigenvalue weighted by Gasteiger charge is 2.19. The molecular weight excluding hydrogens is 356 g/mol. The summed E-state index contributed by atoms with van der Waals surface area (Å²) in [7, 11) is 0. The predicted molar refractivity (Wildman–Crippen MR) is 88.5 cm³/mol. The number of ether oxygens (including phenoxy) is 2. The van der Waals surface area contributed by atoms with Gasteiger partial charge in [0.1, 0.15) is 5.69 Å². The molecule has 1 aliphatic rings. The van der Waals surface area contributed by atoms with Gasteiger partial charge >= 0.3 is 5.69 Å². The van der Waals surface area contributed by atoms with E-state index < -0.39 is 15.5 Å². The second kappa shape index (κ2) is 6.61. The molecule has 11 heteroatoms. The molecule has 2 aromatic rings. The monoisotopic (exact) mass is 364 g/mol. The summed E-state index contributed by atoms with van der Waals surface area (Å²) in [4.78, 5) is 20.3. The summed E-state index contributed by atoms with van der Waals surface area (Å²) in [6, 6.07) is 6.37. The van der Waals surface area contributed by atoms with E-state index in [1.165, 1.54) is 12.3 Å². The van der Waals surface area contributed by atoms with Gasteiger partial charge in [-0.2, -0.15) is 5.10 Å². The molecule has 1 N–H and O–H groups in total. The third-order valence-corrected chi connectivity index (χ3v) is 3.60. The summed E-state index contributed by atoms with van der Waals surface area (Å²) in [6.45, 7) is 0.0967. The summed E-state index contributed by atoms with van der Waals surface area (Å²) >= 11 is 6.09. The fourth-order valence-corrected chi connectivity index (χ4v) is 2.28. The molecule has 0 saturated carbocycles. The van der Waals surface area contributed by atoms with Crippen molar-refractivity contribution in [2.24, 2.45) is 5.10 Å². The van der Waals surface area contributed by atoms with Gasteiger partial charge in [0.15, 0.2) is 11.5 Å². The first-order valence-corrected chi connectivity index (χ1v) is 7.14. The van der Waals surface area contributed by atoms with Crippen LogP contribution < -0.4 is 14.9 Å². The van der Waals surface area contributed by atoms with Gasteiger partial charge in [-0.3, -0.25) is 25.7 Å². The Kier molecular flexibility index (Phi) is 4.35. The molecule has 2 aromatic carbocycles. The average molecular weight is 365 g/mol. The Bertz CT molecular complexity index is 901. The van der Waals surface area contributed by atoms with E-state index in [1.54, 1.807) is 12.1 Å². The Morgan fingerprint density at radius 1 is 1.12 bits per heavy atom. The van der Waals surface area contributed by atoms with Crippen LogP contribution in [0.15, 0.2) is 35.4 Å². The number of fused-ring (bicyclic) bond motifs is 1. The highest BCUT2D eigenvalue weighted by atomic mass is 35.5. The predicted octanol–water partition coefficient (Wildman–Crippen LogP) is 3.33. The van der Waals surface area contributed by atoms with Crippen LogP contribution in [0, 0.1) is 20.2 Å². The molecule has 0 aliphatic carbocycles. The molecule has 0 amide bonds. The van der Waals surface area contributed by atoms with Gasteiger partial charge < -0.3 is 9.47 Å². The third kappa shape index (κ3) is 3.43. The van der Waals surface area contributed by atoms with Crippen LogP contribution in [0.5, 0.6) is 11.5 Å². The molecular formula is C14H9ClN4O6. The van der Waals surface area contributed by atoms with Crippen molar-refractivity contribution in [3.8, 4) is 11.5 Å². The van der Waals surface area contributed by atoms with Crippen LogP contribution in [0.4, 0.5) is 17.1 Å². The maximum Gasteiger partial charge on any atom is 0.301 e. The number of halogens is 1. The first-order valence-electron chi connectivity index (χ1n) is 6.77. The molecule has 0 bridgehead atoms. The summed E-state index contributed by atoms with van der Waals surface area (Å²) < 4.78 is 10.4. The lowest BCUT2D eigenvalue weighted by Gasteiger charge is -2.03. The second-order valence-corrected chi connectivity index (χ2v) is 5.22. The standard InChI is InChI=1S/C14H9ClN4O6/c15-10-5-14-13(24-7-25-14)3-8(10)6-16-17-11-2-1-9(18(20)21)4-12(11)19(22)23/h1-6,17H,7H2/b16-6-. The molecule has 3 rings (SSSR count). The zero-order valence-electron chi connectivity index (χ0n) is 12.3. The molecule has 0 saturated heterocycles. The minimum Gasteiger partial charge on any atom is -0.454 e. The van der Waals surface area contributed by atoms with Crippen LogP contribution >= 0.6 is 11.6 Å². The first-order chi connectivity index (χ1) is 12.0. The van der Waals surface area contributed by atoms with Gasteiger partial charge in [0, 0.05) is 17.7 Å². The van der Waals surface area contributed by atoms with Crippen LogP contribution in [-0.4, -0.2) is 22.9 Å². The quantitative estimate of drug-likeness (QED) is 0.489. The van der Waals surface area contributed by atoms with Gasteiger partial charge in [-0.25, -0.2) is 0 Å². The number of nitro benzene ring substituents is 2. The zero-order chi connectivity index (χ0) is 18.0. The summed E-state index contributed by atoms with van der Waals surface area (Å²) in [5.41, 5.74) is 2.13. The minimum atomic E-state index is -0.738. The number of nitrogens with zero attached hydrogens (tertiary/aromatic N) is 3. The first kappa shape index (κ1) is 16.5. The molecule has 0 atom stereocenters. The number of nitro groups is 2. The Hall–Kier alpha value is -3.40.